The van der Waals surface area contributed by atoms with E-state index in [9.17, 15) is 13.2 Å². The number of nitrogens with zero attached hydrogens (tertiary/aromatic N) is 3. The molecule has 2 heterocycles. The Hall–Kier alpha value is -2.22. The first-order valence-electron chi connectivity index (χ1n) is 5.31. The predicted molar refractivity (Wildman–Crippen MR) is 68.7 cm³/mol. The van der Waals surface area contributed by atoms with Crippen LogP contribution in [-0.2, 0) is 17.1 Å². The first-order chi connectivity index (χ1) is 8.85. The van der Waals surface area contributed by atoms with Gasteiger partial charge in [-0.05, 0) is 6.07 Å². The molecule has 0 spiro atoms. The molecule has 19 heavy (non-hydrogen) atoms. The Morgan fingerprint density at radius 3 is 2.58 bits per heavy atom. The van der Waals surface area contributed by atoms with E-state index in [4.69, 9.17) is 0 Å². The van der Waals surface area contributed by atoms with Gasteiger partial charge in [0.15, 0.2) is 0 Å². The number of carbonyl (C=O) groups is 1. The van der Waals surface area contributed by atoms with Crippen molar-refractivity contribution in [3.8, 4) is 11.1 Å². The summed E-state index contributed by atoms with van der Waals surface area (Å²) in [5, 5.41) is 4.02. The van der Waals surface area contributed by atoms with Crippen LogP contribution in [0.4, 0.5) is 0 Å². The van der Waals surface area contributed by atoms with E-state index in [2.05, 4.69) is 10.1 Å². The molecule has 1 N–H and O–H groups in total. The Bertz CT molecular complexity index is 721. The van der Waals surface area contributed by atoms with Gasteiger partial charge in [0.25, 0.3) is 5.91 Å². The normalized spacial score (nSPS) is 11.3. The molecule has 0 aliphatic rings. The Balaban J connectivity index is 2.32. The lowest BCUT2D eigenvalue weighted by molar-refractivity contribution is 0.0981. The molecule has 8 heteroatoms. The first kappa shape index (κ1) is 13.2. The molecular formula is C11H12N4O3S. The molecule has 2 rings (SSSR count). The zero-order chi connectivity index (χ0) is 14.0. The largest absolute Gasteiger partial charge is 0.275 e. The molecule has 0 saturated heterocycles. The highest BCUT2D eigenvalue weighted by atomic mass is 32.2. The second-order valence-corrected chi connectivity index (χ2v) is 5.82. The minimum Gasteiger partial charge on any atom is -0.275 e. The molecule has 0 bridgehead atoms. The average Bonchev–Trinajstić information content (AvgIpc) is 2.74. The second-order valence-electron chi connectivity index (χ2n) is 4.07. The van der Waals surface area contributed by atoms with Crippen LogP contribution in [0.25, 0.3) is 11.1 Å². The van der Waals surface area contributed by atoms with E-state index in [1.54, 1.807) is 36.4 Å². The van der Waals surface area contributed by atoms with E-state index in [0.717, 1.165) is 11.8 Å². The molecule has 0 aliphatic heterocycles. The van der Waals surface area contributed by atoms with Gasteiger partial charge in [0.1, 0.15) is 0 Å². The fraction of sp³-hybridized carbons (Fsp3) is 0.182. The van der Waals surface area contributed by atoms with Gasteiger partial charge in [0.05, 0.1) is 18.0 Å². The van der Waals surface area contributed by atoms with E-state index in [-0.39, 0.29) is 5.56 Å². The number of amides is 1. The van der Waals surface area contributed by atoms with Gasteiger partial charge in [-0.2, -0.15) is 5.10 Å². The molecule has 2 aromatic heterocycles. The number of carbonyl (C=O) groups excluding carboxylic acids is 1. The number of aryl methyl sites for hydroxylation is 1. The summed E-state index contributed by atoms with van der Waals surface area (Å²) in [5.74, 6) is -0.708. The third kappa shape index (κ3) is 3.38. The Morgan fingerprint density at radius 1 is 1.26 bits per heavy atom. The minimum atomic E-state index is -3.59. The number of pyridine rings is 1. The maximum Gasteiger partial charge on any atom is 0.266 e. The lowest BCUT2D eigenvalue weighted by Crippen LogP contribution is -2.29. The first-order valence-corrected chi connectivity index (χ1v) is 7.20. The lowest BCUT2D eigenvalue weighted by atomic mass is 10.1. The molecule has 100 valence electrons. The average molecular weight is 280 g/mol. The molecular weight excluding hydrogens is 268 g/mol. The highest BCUT2D eigenvalue weighted by Crippen LogP contribution is 2.18. The smallest absolute Gasteiger partial charge is 0.266 e. The van der Waals surface area contributed by atoms with Gasteiger partial charge in [-0.15, -0.1) is 0 Å². The third-order valence-corrected chi connectivity index (χ3v) is 2.87. The van der Waals surface area contributed by atoms with Crippen LogP contribution in [0.2, 0.25) is 0 Å². The number of hydrogen-bond acceptors (Lipinski definition) is 5. The molecule has 0 unspecified atom stereocenters. The van der Waals surface area contributed by atoms with Crippen LogP contribution in [0, 0.1) is 0 Å². The van der Waals surface area contributed by atoms with Crippen LogP contribution >= 0.6 is 0 Å². The SMILES string of the molecule is Cn1cc(-c2cncc(C(=O)NS(C)(=O)=O)c2)cn1. The van der Waals surface area contributed by atoms with Crippen molar-refractivity contribution in [2.75, 3.05) is 6.26 Å². The summed E-state index contributed by atoms with van der Waals surface area (Å²) in [6, 6.07) is 1.56. The summed E-state index contributed by atoms with van der Waals surface area (Å²) < 4.78 is 25.5. The molecule has 0 radical (unpaired) electrons. The van der Waals surface area contributed by atoms with Gasteiger partial charge in [0.2, 0.25) is 10.0 Å². The molecule has 0 aliphatic carbocycles. The van der Waals surface area contributed by atoms with Crippen LogP contribution in [0.3, 0.4) is 0 Å². The summed E-state index contributed by atoms with van der Waals surface area (Å²) in [4.78, 5) is 15.6. The quantitative estimate of drug-likeness (QED) is 0.865. The number of sulfonamides is 1. The number of nitrogens with one attached hydrogen (secondary N) is 1. The zero-order valence-corrected chi connectivity index (χ0v) is 11.2. The van der Waals surface area contributed by atoms with Gasteiger partial charge in [-0.3, -0.25) is 14.5 Å². The van der Waals surface area contributed by atoms with Crippen molar-refractivity contribution >= 4 is 15.9 Å². The van der Waals surface area contributed by atoms with E-state index >= 15 is 0 Å². The van der Waals surface area contributed by atoms with Crippen molar-refractivity contribution in [3.63, 3.8) is 0 Å². The fourth-order valence-corrected chi connectivity index (χ4v) is 1.97. The van der Waals surface area contributed by atoms with Crippen molar-refractivity contribution in [1.82, 2.24) is 19.5 Å². The molecule has 0 aromatic carbocycles. The number of hydrogen-bond donors (Lipinski definition) is 1. The van der Waals surface area contributed by atoms with Crippen molar-refractivity contribution in [3.05, 3.63) is 36.4 Å². The van der Waals surface area contributed by atoms with Gasteiger partial charge in [-0.25, -0.2) is 13.1 Å². The molecule has 0 fully saturated rings. The second kappa shape index (κ2) is 4.81. The standard InChI is InChI=1S/C11H12N4O3S/c1-15-7-10(6-13-15)8-3-9(5-12-4-8)11(16)14-19(2,17)18/h3-7H,1-2H3,(H,14,16). The van der Waals surface area contributed by atoms with Gasteiger partial charge < -0.3 is 0 Å². The Kier molecular flexibility index (Phi) is 3.34. The van der Waals surface area contributed by atoms with Crippen LogP contribution in [-0.4, -0.2) is 35.3 Å². The summed E-state index contributed by atoms with van der Waals surface area (Å²) in [7, 11) is -1.81. The molecule has 0 atom stereocenters. The van der Waals surface area contributed by atoms with Crippen molar-refractivity contribution < 1.29 is 13.2 Å². The summed E-state index contributed by atoms with van der Waals surface area (Å²) in [6.07, 6.45) is 7.21. The molecule has 2 aromatic rings. The molecule has 1 amide bonds. The van der Waals surface area contributed by atoms with Crippen molar-refractivity contribution in [1.29, 1.82) is 0 Å². The van der Waals surface area contributed by atoms with E-state index < -0.39 is 15.9 Å². The zero-order valence-electron chi connectivity index (χ0n) is 10.4. The number of rotatable bonds is 3. The minimum absolute atomic E-state index is 0.173. The number of aromatic nitrogens is 3. The lowest BCUT2D eigenvalue weighted by Gasteiger charge is -2.03. The van der Waals surface area contributed by atoms with Crippen molar-refractivity contribution in [2.45, 2.75) is 0 Å². The van der Waals surface area contributed by atoms with Gasteiger partial charge in [-0.1, -0.05) is 0 Å². The maximum atomic E-state index is 11.7. The van der Waals surface area contributed by atoms with E-state index in [0.29, 0.717) is 5.56 Å². The third-order valence-electron chi connectivity index (χ3n) is 2.32. The van der Waals surface area contributed by atoms with E-state index in [1.807, 2.05) is 4.72 Å². The van der Waals surface area contributed by atoms with Crippen LogP contribution < -0.4 is 4.72 Å². The summed E-state index contributed by atoms with van der Waals surface area (Å²) in [5.41, 5.74) is 1.66. The highest BCUT2D eigenvalue weighted by Gasteiger charge is 2.12. The van der Waals surface area contributed by atoms with E-state index in [1.165, 1.54) is 6.20 Å². The Morgan fingerprint density at radius 2 is 2.00 bits per heavy atom. The highest BCUT2D eigenvalue weighted by molar-refractivity contribution is 7.89. The van der Waals surface area contributed by atoms with Gasteiger partial charge >= 0.3 is 0 Å². The maximum absolute atomic E-state index is 11.7. The monoisotopic (exact) mass is 280 g/mol. The van der Waals surface area contributed by atoms with Crippen molar-refractivity contribution in [2.24, 2.45) is 7.05 Å². The summed E-state index contributed by atoms with van der Waals surface area (Å²) in [6.45, 7) is 0. The topological polar surface area (TPSA) is 94.0 Å². The van der Waals surface area contributed by atoms with Crippen LogP contribution in [0.15, 0.2) is 30.9 Å². The predicted octanol–water partition coefficient (Wildman–Crippen LogP) is 0.171. The van der Waals surface area contributed by atoms with Gasteiger partial charge in [0, 0.05) is 36.8 Å². The van der Waals surface area contributed by atoms with Crippen LogP contribution in [0.1, 0.15) is 10.4 Å². The fourth-order valence-electron chi connectivity index (χ4n) is 1.52. The molecule has 7 nitrogen and oxygen atoms in total. The Labute approximate surface area is 110 Å². The van der Waals surface area contributed by atoms with Crippen LogP contribution in [0.5, 0.6) is 0 Å². The summed E-state index contributed by atoms with van der Waals surface area (Å²) >= 11 is 0. The molecule has 0 saturated carbocycles.